The Morgan fingerprint density at radius 3 is 2.67 bits per heavy atom. The molecule has 0 aromatic heterocycles. The molecule has 0 saturated heterocycles. The molecule has 1 aliphatic rings. The number of thiol groups is 1. The summed E-state index contributed by atoms with van der Waals surface area (Å²) in [4.78, 5) is 15.8. The van der Waals surface area contributed by atoms with Crippen molar-refractivity contribution in [2.75, 3.05) is 19.5 Å². The Labute approximate surface area is 108 Å². The molecule has 1 aromatic carbocycles. The second kappa shape index (κ2) is 5.59. The van der Waals surface area contributed by atoms with Gasteiger partial charge in [0.15, 0.2) is 11.5 Å². The van der Waals surface area contributed by atoms with Crippen molar-refractivity contribution in [3.8, 4) is 11.5 Å². The van der Waals surface area contributed by atoms with Gasteiger partial charge in [0.05, 0.1) is 19.8 Å². The van der Waals surface area contributed by atoms with Crippen LogP contribution in [0.5, 0.6) is 11.5 Å². The number of amides is 1. The third-order valence-corrected chi connectivity index (χ3v) is 3.79. The van der Waals surface area contributed by atoms with Gasteiger partial charge in [0.1, 0.15) is 0 Å². The number of rotatable bonds is 3. The van der Waals surface area contributed by atoms with E-state index in [2.05, 4.69) is 10.3 Å². The van der Waals surface area contributed by atoms with Crippen molar-refractivity contribution in [3.63, 3.8) is 0 Å². The minimum absolute atomic E-state index is 0.0604. The molecule has 0 bridgehead atoms. The van der Waals surface area contributed by atoms with Gasteiger partial charge in [-0.15, -0.1) is 10.9 Å². The zero-order chi connectivity index (χ0) is 13.0. The van der Waals surface area contributed by atoms with Crippen molar-refractivity contribution in [1.82, 2.24) is 0 Å². The molecule has 18 heavy (non-hydrogen) atoms. The Hall–Kier alpha value is -1.95. The second-order valence-corrected chi connectivity index (χ2v) is 5.22. The number of carbonyl (C=O) groups excluding carboxylic acids is 1. The Balaban J connectivity index is 2.12. The monoisotopic (exact) mass is 266 g/mol. The van der Waals surface area contributed by atoms with E-state index in [1.54, 1.807) is 49.6 Å². The van der Waals surface area contributed by atoms with E-state index in [9.17, 15) is 4.79 Å². The van der Waals surface area contributed by atoms with Gasteiger partial charge in [-0.2, -0.15) is 0 Å². The van der Waals surface area contributed by atoms with Crippen molar-refractivity contribution in [1.29, 1.82) is 0 Å². The van der Waals surface area contributed by atoms with E-state index in [0.29, 0.717) is 17.2 Å². The van der Waals surface area contributed by atoms with E-state index >= 15 is 0 Å². The molecular weight excluding hydrogens is 252 g/mol. The SMILES string of the molecule is COc1ccc(NC(=O)[SH]2C=CN=C2)cc1OC. The first-order valence-corrected chi connectivity index (χ1v) is 6.74. The van der Waals surface area contributed by atoms with Gasteiger partial charge in [0, 0.05) is 18.0 Å². The van der Waals surface area contributed by atoms with E-state index in [1.165, 1.54) is 0 Å². The zero-order valence-corrected chi connectivity index (χ0v) is 11.0. The Morgan fingerprint density at radius 2 is 2.06 bits per heavy atom. The minimum atomic E-state index is -0.949. The highest BCUT2D eigenvalue weighted by Crippen LogP contribution is 2.33. The summed E-state index contributed by atoms with van der Waals surface area (Å²) in [6, 6.07) is 5.24. The number of ether oxygens (including phenoxy) is 2. The molecule has 1 atom stereocenters. The van der Waals surface area contributed by atoms with Crippen molar-refractivity contribution >= 4 is 27.4 Å². The minimum Gasteiger partial charge on any atom is -0.493 e. The number of nitrogens with one attached hydrogen (secondary N) is 1. The van der Waals surface area contributed by atoms with Crippen LogP contribution in [0.2, 0.25) is 0 Å². The zero-order valence-electron chi connectivity index (χ0n) is 10.1. The molecule has 5 nitrogen and oxygen atoms in total. The van der Waals surface area contributed by atoms with Crippen molar-refractivity contribution in [2.45, 2.75) is 0 Å². The number of hydrogen-bond donors (Lipinski definition) is 2. The maximum Gasteiger partial charge on any atom is 0.271 e. The summed E-state index contributed by atoms with van der Waals surface area (Å²) < 4.78 is 10.3. The molecular formula is C12H14N2O3S. The lowest BCUT2D eigenvalue weighted by atomic mass is 10.3. The Kier molecular flexibility index (Phi) is 3.88. The summed E-state index contributed by atoms with van der Waals surface area (Å²) >= 11 is 0. The summed E-state index contributed by atoms with van der Waals surface area (Å²) in [6.07, 6.45) is 1.64. The number of carbonyl (C=O) groups is 1. The molecule has 96 valence electrons. The van der Waals surface area contributed by atoms with Crippen LogP contribution in [-0.2, 0) is 0 Å². The average molecular weight is 266 g/mol. The highest BCUT2D eigenvalue weighted by atomic mass is 32.2. The summed E-state index contributed by atoms with van der Waals surface area (Å²) in [5, 5.41) is 4.56. The van der Waals surface area contributed by atoms with E-state index in [4.69, 9.17) is 9.47 Å². The molecule has 0 radical (unpaired) electrons. The predicted molar refractivity (Wildman–Crippen MR) is 75.2 cm³/mol. The molecule has 6 heteroatoms. The van der Waals surface area contributed by atoms with Crippen molar-refractivity contribution in [2.24, 2.45) is 4.99 Å². The van der Waals surface area contributed by atoms with Gasteiger partial charge in [-0.05, 0) is 17.5 Å². The summed E-state index contributed by atoms with van der Waals surface area (Å²) in [6.45, 7) is 0. The lowest BCUT2D eigenvalue weighted by Crippen LogP contribution is -2.08. The number of anilines is 1. The van der Waals surface area contributed by atoms with Crippen LogP contribution in [0.1, 0.15) is 0 Å². The fraction of sp³-hybridized carbons (Fsp3) is 0.167. The van der Waals surface area contributed by atoms with E-state index in [-0.39, 0.29) is 5.24 Å². The Bertz CT molecular complexity index is 502. The maximum absolute atomic E-state index is 11.9. The lowest BCUT2D eigenvalue weighted by molar-refractivity contribution is 0.269. The normalized spacial score (nSPS) is 18.7. The summed E-state index contributed by atoms with van der Waals surface area (Å²) in [5.74, 6) is 1.21. The molecule has 1 unspecified atom stereocenters. The maximum atomic E-state index is 11.9. The molecule has 1 aromatic rings. The van der Waals surface area contributed by atoms with Crippen LogP contribution < -0.4 is 14.8 Å². The highest BCUT2D eigenvalue weighted by Gasteiger charge is 2.12. The number of benzene rings is 1. The molecule has 1 heterocycles. The smallest absolute Gasteiger partial charge is 0.271 e. The highest BCUT2D eigenvalue weighted by molar-refractivity contribution is 8.42. The van der Waals surface area contributed by atoms with Crippen LogP contribution in [0.15, 0.2) is 34.8 Å². The van der Waals surface area contributed by atoms with Gasteiger partial charge in [0.25, 0.3) is 5.24 Å². The first-order valence-electron chi connectivity index (χ1n) is 5.26. The standard InChI is InChI=1S/C12H14N2O3S/c1-16-10-4-3-9(7-11(10)17-2)14-12(15)18-6-5-13-8-18/h3-8,18H,1-2H3,(H,14,15). The molecule has 2 rings (SSSR count). The molecule has 0 fully saturated rings. The third-order valence-electron chi connectivity index (χ3n) is 2.37. The molecule has 1 N–H and O–H groups in total. The number of hydrogen-bond acceptors (Lipinski definition) is 4. The number of methoxy groups -OCH3 is 2. The summed E-state index contributed by atoms with van der Waals surface area (Å²) in [7, 11) is 2.17. The fourth-order valence-corrected chi connectivity index (χ4v) is 2.50. The molecule has 0 aliphatic carbocycles. The van der Waals surface area contributed by atoms with Gasteiger partial charge in [-0.3, -0.25) is 9.79 Å². The van der Waals surface area contributed by atoms with Gasteiger partial charge >= 0.3 is 0 Å². The largest absolute Gasteiger partial charge is 0.493 e. The number of aliphatic imine (C=N–C) groups is 1. The van der Waals surface area contributed by atoms with Crippen molar-refractivity contribution in [3.05, 3.63) is 29.8 Å². The van der Waals surface area contributed by atoms with Crippen LogP contribution in [0, 0.1) is 0 Å². The lowest BCUT2D eigenvalue weighted by Gasteiger charge is -2.12. The first-order chi connectivity index (χ1) is 8.74. The van der Waals surface area contributed by atoms with Gasteiger partial charge in [-0.1, -0.05) is 0 Å². The van der Waals surface area contributed by atoms with Crippen LogP contribution >= 0.6 is 10.9 Å². The average Bonchev–Trinajstić information content (AvgIpc) is 2.92. The first kappa shape index (κ1) is 12.5. The quantitative estimate of drug-likeness (QED) is 0.827. The topological polar surface area (TPSA) is 59.9 Å². The third kappa shape index (κ3) is 2.65. The molecule has 1 amide bonds. The van der Waals surface area contributed by atoms with Crippen molar-refractivity contribution < 1.29 is 14.3 Å². The van der Waals surface area contributed by atoms with E-state index in [0.717, 1.165) is 0 Å². The molecule has 0 saturated carbocycles. The van der Waals surface area contributed by atoms with Crippen LogP contribution in [-0.4, -0.2) is 25.0 Å². The van der Waals surface area contributed by atoms with E-state index < -0.39 is 10.9 Å². The van der Waals surface area contributed by atoms with Gasteiger partial charge in [-0.25, -0.2) is 0 Å². The molecule has 1 aliphatic heterocycles. The van der Waals surface area contributed by atoms with Gasteiger partial charge < -0.3 is 14.8 Å². The van der Waals surface area contributed by atoms with E-state index in [1.807, 2.05) is 0 Å². The number of nitrogens with zero attached hydrogens (tertiary/aromatic N) is 1. The predicted octanol–water partition coefficient (Wildman–Crippen LogP) is 2.75. The van der Waals surface area contributed by atoms with Crippen LogP contribution in [0.4, 0.5) is 10.5 Å². The molecule has 0 spiro atoms. The second-order valence-electron chi connectivity index (χ2n) is 3.47. The fourth-order valence-electron chi connectivity index (χ4n) is 1.48. The van der Waals surface area contributed by atoms with Crippen LogP contribution in [0.25, 0.3) is 0 Å². The van der Waals surface area contributed by atoms with Crippen LogP contribution in [0.3, 0.4) is 0 Å². The summed E-state index contributed by atoms with van der Waals surface area (Å²) in [5.41, 5.74) is 2.33. The Morgan fingerprint density at radius 1 is 1.28 bits per heavy atom. The van der Waals surface area contributed by atoms with Gasteiger partial charge in [0.2, 0.25) is 0 Å².